The van der Waals surface area contributed by atoms with Crippen LogP contribution >= 0.6 is 0 Å². The second-order valence-electron chi connectivity index (χ2n) is 14.8. The van der Waals surface area contributed by atoms with Crippen molar-refractivity contribution in [1.82, 2.24) is 34.5 Å². The maximum absolute atomic E-state index is 13.2. The Morgan fingerprint density at radius 3 is 2.49 bits per heavy atom. The summed E-state index contributed by atoms with van der Waals surface area (Å²) in [6, 6.07) is 8.51. The zero-order valence-electron chi connectivity index (χ0n) is 28.6. The number of benzene rings is 1. The number of ether oxygens (including phenoxy) is 2. The largest absolute Gasteiger partial charge is 0.492 e. The predicted molar refractivity (Wildman–Crippen MR) is 180 cm³/mol. The zero-order chi connectivity index (χ0) is 32.8. The molecule has 0 bridgehead atoms. The predicted octanol–water partition coefficient (Wildman–Crippen LogP) is 3.84. The molecule has 6 rings (SSSR count). The van der Waals surface area contributed by atoms with Crippen molar-refractivity contribution in [2.45, 2.75) is 71.1 Å². The van der Waals surface area contributed by atoms with Crippen LogP contribution in [0, 0.1) is 5.92 Å². The molecule has 11 heteroatoms. The Morgan fingerprint density at radius 1 is 0.915 bits per heavy atom. The molecule has 2 amide bonds. The lowest BCUT2D eigenvalue weighted by Gasteiger charge is -2.39. The molecule has 1 aromatic carbocycles. The number of fused-ring (bicyclic) bond motifs is 1. The zero-order valence-corrected chi connectivity index (χ0v) is 28.6. The van der Waals surface area contributed by atoms with E-state index < -0.39 is 5.60 Å². The summed E-state index contributed by atoms with van der Waals surface area (Å²) in [5, 5.41) is 0. The number of piperidine rings is 2. The number of hydrogen-bond acceptors (Lipinski definition) is 9. The SMILES string of the molecule is CC(C)(C)OC(=O)N1CCN(CC2CCN(CCOc3cccc([C@H]4CCCN(C(=O)CN5Cc6cncnc6C5)C4)c3)CC2)CC1. The smallest absolute Gasteiger partial charge is 0.410 e. The van der Waals surface area contributed by atoms with Gasteiger partial charge in [-0.05, 0) is 83.2 Å². The standard InChI is InChI=1S/C36H53N7O4/c1-36(2,3)47-35(45)42-16-14-40(15-17-42)22-28-9-12-39(13-10-28)18-19-46-32-8-4-6-29(20-32)30-7-5-11-43(24-30)34(44)26-41-23-31-21-37-27-38-33(31)25-41/h4,6,8,20-21,27-28,30H,5,7,9-19,22-26H2,1-3H3/t30-/m0/s1. The molecule has 4 aliphatic heterocycles. The van der Waals surface area contributed by atoms with Crippen molar-refractivity contribution >= 4 is 12.0 Å². The van der Waals surface area contributed by atoms with E-state index in [0.29, 0.717) is 31.5 Å². The fourth-order valence-electron chi connectivity index (χ4n) is 7.39. The molecule has 0 aliphatic carbocycles. The van der Waals surface area contributed by atoms with Gasteiger partial charge in [-0.25, -0.2) is 14.8 Å². The Bertz CT molecular complexity index is 1330. The molecule has 11 nitrogen and oxygen atoms in total. The van der Waals surface area contributed by atoms with Crippen LogP contribution in [0.15, 0.2) is 36.8 Å². The molecule has 0 unspecified atom stereocenters. The highest BCUT2D eigenvalue weighted by atomic mass is 16.6. The quantitative estimate of drug-likeness (QED) is 0.403. The van der Waals surface area contributed by atoms with E-state index in [1.165, 1.54) is 18.4 Å². The molecule has 256 valence electrons. The second kappa shape index (κ2) is 15.3. The first-order valence-electron chi connectivity index (χ1n) is 17.6. The number of carbonyl (C=O) groups excluding carboxylic acids is 2. The Morgan fingerprint density at radius 2 is 1.72 bits per heavy atom. The molecule has 3 saturated heterocycles. The van der Waals surface area contributed by atoms with Crippen LogP contribution in [-0.2, 0) is 22.6 Å². The monoisotopic (exact) mass is 647 g/mol. The highest BCUT2D eigenvalue weighted by Gasteiger charge is 2.30. The maximum atomic E-state index is 13.2. The third-order valence-electron chi connectivity index (χ3n) is 10.0. The Hall–Kier alpha value is -3.28. The third-order valence-corrected chi connectivity index (χ3v) is 10.0. The number of amides is 2. The van der Waals surface area contributed by atoms with Gasteiger partial charge in [0.15, 0.2) is 0 Å². The minimum atomic E-state index is -0.448. The lowest BCUT2D eigenvalue weighted by atomic mass is 9.90. The van der Waals surface area contributed by atoms with E-state index in [2.05, 4.69) is 48.9 Å². The van der Waals surface area contributed by atoms with Gasteiger partial charge >= 0.3 is 6.09 Å². The molecule has 3 fully saturated rings. The van der Waals surface area contributed by atoms with Crippen LogP contribution < -0.4 is 4.74 Å². The summed E-state index contributed by atoms with van der Waals surface area (Å²) in [4.78, 5) is 45.2. The van der Waals surface area contributed by atoms with Crippen molar-refractivity contribution in [2.24, 2.45) is 5.92 Å². The van der Waals surface area contributed by atoms with Crippen LogP contribution in [0.25, 0.3) is 0 Å². The van der Waals surface area contributed by atoms with Crippen LogP contribution in [0.1, 0.15) is 69.2 Å². The highest BCUT2D eigenvalue weighted by molar-refractivity contribution is 5.78. The number of hydrogen-bond donors (Lipinski definition) is 0. The van der Waals surface area contributed by atoms with Crippen LogP contribution in [0.5, 0.6) is 5.75 Å². The van der Waals surface area contributed by atoms with Gasteiger partial charge in [0.2, 0.25) is 5.91 Å². The van der Waals surface area contributed by atoms with Gasteiger partial charge in [0.1, 0.15) is 24.3 Å². The minimum Gasteiger partial charge on any atom is -0.492 e. The second-order valence-corrected chi connectivity index (χ2v) is 14.8. The number of piperazine rings is 1. The van der Waals surface area contributed by atoms with Gasteiger partial charge < -0.3 is 19.3 Å². The third kappa shape index (κ3) is 9.42. The topological polar surface area (TPSA) is 94.6 Å². The van der Waals surface area contributed by atoms with E-state index in [-0.39, 0.29) is 12.0 Å². The molecule has 47 heavy (non-hydrogen) atoms. The summed E-state index contributed by atoms with van der Waals surface area (Å²) in [7, 11) is 0. The van der Waals surface area contributed by atoms with Gasteiger partial charge in [0.05, 0.1) is 12.2 Å². The van der Waals surface area contributed by atoms with Crippen molar-refractivity contribution in [2.75, 3.05) is 78.6 Å². The fourth-order valence-corrected chi connectivity index (χ4v) is 7.39. The lowest BCUT2D eigenvalue weighted by Crippen LogP contribution is -2.51. The van der Waals surface area contributed by atoms with Crippen molar-refractivity contribution in [3.05, 3.63) is 53.6 Å². The summed E-state index contributed by atoms with van der Waals surface area (Å²) in [5.41, 5.74) is 2.98. The van der Waals surface area contributed by atoms with Crippen molar-refractivity contribution in [3.8, 4) is 5.75 Å². The van der Waals surface area contributed by atoms with Crippen LogP contribution in [0.4, 0.5) is 4.79 Å². The Balaban J connectivity index is 0.880. The first kappa shape index (κ1) is 33.6. The van der Waals surface area contributed by atoms with E-state index >= 15 is 0 Å². The maximum Gasteiger partial charge on any atom is 0.410 e. The first-order chi connectivity index (χ1) is 22.7. The Kier molecular flexibility index (Phi) is 10.9. The number of carbonyl (C=O) groups is 2. The van der Waals surface area contributed by atoms with Gasteiger partial charge in [0.25, 0.3) is 0 Å². The molecule has 4 aliphatic rings. The highest BCUT2D eigenvalue weighted by Crippen LogP contribution is 2.30. The van der Waals surface area contributed by atoms with E-state index in [9.17, 15) is 9.59 Å². The molecule has 1 aromatic heterocycles. The number of nitrogens with zero attached hydrogens (tertiary/aromatic N) is 7. The average Bonchev–Trinajstić information content (AvgIpc) is 3.48. The number of aromatic nitrogens is 2. The van der Waals surface area contributed by atoms with Gasteiger partial charge in [0, 0.05) is 83.1 Å². The minimum absolute atomic E-state index is 0.191. The molecule has 0 N–H and O–H groups in total. The molecular formula is C36H53N7O4. The first-order valence-corrected chi connectivity index (χ1v) is 17.6. The number of likely N-dealkylation sites (tertiary alicyclic amines) is 2. The summed E-state index contributed by atoms with van der Waals surface area (Å²) < 4.78 is 11.8. The van der Waals surface area contributed by atoms with E-state index in [1.54, 1.807) is 6.33 Å². The van der Waals surface area contributed by atoms with Crippen LogP contribution in [-0.4, -0.2) is 131 Å². The molecule has 0 radical (unpaired) electrons. The number of rotatable bonds is 9. The molecule has 1 atom stereocenters. The summed E-state index contributed by atoms with van der Waals surface area (Å²) in [5.74, 6) is 2.16. The molecule has 5 heterocycles. The van der Waals surface area contributed by atoms with Crippen LogP contribution in [0.3, 0.4) is 0 Å². The average molecular weight is 648 g/mol. The fraction of sp³-hybridized carbons (Fsp3) is 0.667. The van der Waals surface area contributed by atoms with E-state index in [1.807, 2.05) is 36.8 Å². The van der Waals surface area contributed by atoms with Gasteiger partial charge in [-0.3, -0.25) is 19.5 Å². The Labute approximate surface area is 280 Å². The van der Waals surface area contributed by atoms with Gasteiger partial charge in [-0.15, -0.1) is 0 Å². The summed E-state index contributed by atoms with van der Waals surface area (Å²) >= 11 is 0. The van der Waals surface area contributed by atoms with Gasteiger partial charge in [-0.2, -0.15) is 0 Å². The summed E-state index contributed by atoms with van der Waals surface area (Å²) in [6.45, 7) is 17.5. The van der Waals surface area contributed by atoms with Crippen molar-refractivity contribution in [1.29, 1.82) is 0 Å². The molecule has 0 saturated carbocycles. The lowest BCUT2D eigenvalue weighted by molar-refractivity contribution is -0.133. The molecule has 0 spiro atoms. The molecular weight excluding hydrogens is 594 g/mol. The van der Waals surface area contributed by atoms with Gasteiger partial charge in [-0.1, -0.05) is 12.1 Å². The van der Waals surface area contributed by atoms with Crippen LogP contribution in [0.2, 0.25) is 0 Å². The van der Waals surface area contributed by atoms with Crippen molar-refractivity contribution in [3.63, 3.8) is 0 Å². The van der Waals surface area contributed by atoms with E-state index in [0.717, 1.165) is 102 Å². The summed E-state index contributed by atoms with van der Waals surface area (Å²) in [6.07, 6.45) is 7.78. The molecule has 2 aromatic rings. The van der Waals surface area contributed by atoms with E-state index in [4.69, 9.17) is 9.47 Å². The van der Waals surface area contributed by atoms with Crippen molar-refractivity contribution < 1.29 is 19.1 Å². The normalized spacial score (nSPS) is 21.9.